The molecule has 1 heterocycles. The Morgan fingerprint density at radius 3 is 1.94 bits per heavy atom. The van der Waals surface area contributed by atoms with Gasteiger partial charge in [0.2, 0.25) is 5.56 Å². The van der Waals surface area contributed by atoms with Gasteiger partial charge in [0, 0.05) is 13.0 Å². The lowest BCUT2D eigenvalue weighted by atomic mass is 10.2. The number of fused-ring (bicyclic) bond motifs is 1. The molecule has 0 spiro atoms. The maximum absolute atomic E-state index is 10.8. The topological polar surface area (TPSA) is 32.9 Å². The fourth-order valence-electron chi connectivity index (χ4n) is 1.10. The Hall–Kier alpha value is -1.57. The number of hydrogen-bond donors (Lipinski definition) is 1. The molecule has 0 aliphatic carbocycles. The molecule has 0 bridgehead atoms. The first-order chi connectivity index (χ1) is 8.36. The molecule has 0 fully saturated rings. The van der Waals surface area contributed by atoms with E-state index in [1.165, 1.54) is 6.07 Å². The van der Waals surface area contributed by atoms with E-state index >= 15 is 0 Å². The van der Waals surface area contributed by atoms with Crippen LogP contribution in [0.4, 0.5) is 0 Å². The molecule has 0 atom stereocenters. The summed E-state index contributed by atoms with van der Waals surface area (Å²) in [5, 5.41) is 1.06. The summed E-state index contributed by atoms with van der Waals surface area (Å²) in [5.74, 6) is 0. The van der Waals surface area contributed by atoms with Gasteiger partial charge in [-0.15, -0.1) is 0 Å². The van der Waals surface area contributed by atoms with E-state index in [4.69, 9.17) is 0 Å². The van der Waals surface area contributed by atoms with Crippen LogP contribution in [0.5, 0.6) is 0 Å². The van der Waals surface area contributed by atoms with Crippen molar-refractivity contribution < 1.29 is 1.43 Å². The van der Waals surface area contributed by atoms with Crippen LogP contribution in [0.15, 0.2) is 41.2 Å². The number of rotatable bonds is 0. The minimum Gasteiger partial charge on any atom is -0.322 e. The van der Waals surface area contributed by atoms with Gasteiger partial charge in [-0.25, -0.2) is 0 Å². The monoisotopic (exact) mass is 237 g/mol. The van der Waals surface area contributed by atoms with Crippen LogP contribution in [0.25, 0.3) is 10.9 Å². The number of hydrogen-bond acceptors (Lipinski definition) is 1. The Bertz CT molecular complexity index is 437. The second kappa shape index (κ2) is 12.5. The van der Waals surface area contributed by atoms with E-state index in [0.717, 1.165) is 10.9 Å². The second-order valence-electron chi connectivity index (χ2n) is 2.41. The molecule has 98 valence electrons. The van der Waals surface area contributed by atoms with E-state index in [0.29, 0.717) is 0 Å². The van der Waals surface area contributed by atoms with E-state index in [1.807, 2.05) is 71.9 Å². The fraction of sp³-hybridized carbons (Fsp3) is 0.400. The van der Waals surface area contributed by atoms with Crippen LogP contribution < -0.4 is 5.56 Å². The standard InChI is InChI=1S/C9H7NO.3C2H6.H2/c11-9-6-5-7-3-1-2-4-8(7)10-9;3*1-2;/h1-6H,(H,10,11);3*1-2H3;1H. The summed E-state index contributed by atoms with van der Waals surface area (Å²) in [6.45, 7) is 12.0. The lowest BCUT2D eigenvalue weighted by Crippen LogP contribution is -2.01. The molecule has 17 heavy (non-hydrogen) atoms. The van der Waals surface area contributed by atoms with Gasteiger partial charge in [0.1, 0.15) is 0 Å². The van der Waals surface area contributed by atoms with Crippen molar-refractivity contribution in [1.82, 2.24) is 4.98 Å². The Morgan fingerprint density at radius 2 is 1.35 bits per heavy atom. The normalized spacial score (nSPS) is 7.65. The van der Waals surface area contributed by atoms with Crippen LogP contribution in [-0.4, -0.2) is 4.98 Å². The molecular formula is C15H27NO. The molecule has 0 aliphatic heterocycles. The van der Waals surface area contributed by atoms with Crippen LogP contribution in [0, 0.1) is 0 Å². The predicted octanol–water partition coefficient (Wildman–Crippen LogP) is 4.85. The molecule has 0 saturated heterocycles. The summed E-state index contributed by atoms with van der Waals surface area (Å²) < 4.78 is 0. The minimum atomic E-state index is -0.0521. The summed E-state index contributed by atoms with van der Waals surface area (Å²) in [7, 11) is 0. The second-order valence-corrected chi connectivity index (χ2v) is 2.41. The van der Waals surface area contributed by atoms with Gasteiger partial charge in [0.05, 0.1) is 0 Å². The smallest absolute Gasteiger partial charge is 0.248 e. The van der Waals surface area contributed by atoms with Gasteiger partial charge in [-0.1, -0.05) is 59.7 Å². The number of benzene rings is 1. The van der Waals surface area contributed by atoms with Crippen LogP contribution in [0.1, 0.15) is 43.0 Å². The summed E-state index contributed by atoms with van der Waals surface area (Å²) >= 11 is 0. The Kier molecular flexibility index (Phi) is 13.1. The predicted molar refractivity (Wildman–Crippen MR) is 80.7 cm³/mol. The van der Waals surface area contributed by atoms with Crippen molar-refractivity contribution in [2.24, 2.45) is 0 Å². The number of para-hydroxylation sites is 1. The van der Waals surface area contributed by atoms with Gasteiger partial charge in [0.25, 0.3) is 0 Å². The molecule has 0 amide bonds. The largest absolute Gasteiger partial charge is 0.322 e. The maximum Gasteiger partial charge on any atom is 0.248 e. The van der Waals surface area contributed by atoms with Crippen LogP contribution in [0.2, 0.25) is 0 Å². The van der Waals surface area contributed by atoms with Crippen molar-refractivity contribution in [3.63, 3.8) is 0 Å². The average molecular weight is 237 g/mol. The number of H-pyrrole nitrogens is 1. The highest BCUT2D eigenvalue weighted by molar-refractivity contribution is 5.77. The molecular weight excluding hydrogens is 210 g/mol. The van der Waals surface area contributed by atoms with Crippen LogP contribution in [-0.2, 0) is 0 Å². The summed E-state index contributed by atoms with van der Waals surface area (Å²) in [5.41, 5.74) is 0.837. The van der Waals surface area contributed by atoms with Crippen LogP contribution >= 0.6 is 0 Å². The zero-order valence-electron chi connectivity index (χ0n) is 11.9. The van der Waals surface area contributed by atoms with E-state index in [-0.39, 0.29) is 6.99 Å². The van der Waals surface area contributed by atoms with Crippen molar-refractivity contribution >= 4 is 10.9 Å². The lowest BCUT2D eigenvalue weighted by molar-refractivity contribution is 1.31. The Morgan fingerprint density at radius 1 is 0.824 bits per heavy atom. The molecule has 0 saturated carbocycles. The molecule has 1 aromatic heterocycles. The molecule has 2 rings (SSSR count). The van der Waals surface area contributed by atoms with Gasteiger partial charge in [0.15, 0.2) is 0 Å². The van der Waals surface area contributed by atoms with Crippen molar-refractivity contribution in [3.8, 4) is 0 Å². The van der Waals surface area contributed by atoms with Gasteiger partial charge < -0.3 is 4.98 Å². The van der Waals surface area contributed by atoms with Crippen LogP contribution in [0.3, 0.4) is 0 Å². The van der Waals surface area contributed by atoms with Crippen molar-refractivity contribution in [2.45, 2.75) is 41.5 Å². The number of pyridine rings is 1. The van der Waals surface area contributed by atoms with Gasteiger partial charge in [-0.3, -0.25) is 4.79 Å². The fourth-order valence-corrected chi connectivity index (χ4v) is 1.10. The first-order valence-corrected chi connectivity index (χ1v) is 6.44. The minimum absolute atomic E-state index is 0. The van der Waals surface area contributed by atoms with E-state index in [1.54, 1.807) is 0 Å². The summed E-state index contributed by atoms with van der Waals surface area (Å²) in [6, 6.07) is 11.0. The van der Waals surface area contributed by atoms with E-state index in [2.05, 4.69) is 4.98 Å². The molecule has 2 heteroatoms. The summed E-state index contributed by atoms with van der Waals surface area (Å²) in [4.78, 5) is 13.6. The highest BCUT2D eigenvalue weighted by atomic mass is 16.1. The molecule has 0 unspecified atom stereocenters. The zero-order valence-corrected chi connectivity index (χ0v) is 11.9. The van der Waals surface area contributed by atoms with Gasteiger partial charge in [-0.05, 0) is 17.5 Å². The molecule has 0 radical (unpaired) electrons. The van der Waals surface area contributed by atoms with Gasteiger partial charge in [-0.2, -0.15) is 0 Å². The quantitative estimate of drug-likeness (QED) is 0.698. The third-order valence-corrected chi connectivity index (χ3v) is 1.63. The first kappa shape index (κ1) is 17.8. The third-order valence-electron chi connectivity index (χ3n) is 1.63. The molecule has 1 aromatic carbocycles. The zero-order chi connectivity index (χ0) is 13.7. The average Bonchev–Trinajstić information content (AvgIpc) is 2.45. The van der Waals surface area contributed by atoms with E-state index < -0.39 is 0 Å². The number of aromatic amines is 1. The molecule has 2 aromatic rings. The third kappa shape index (κ3) is 6.56. The van der Waals surface area contributed by atoms with Gasteiger partial charge >= 0.3 is 0 Å². The summed E-state index contributed by atoms with van der Waals surface area (Å²) in [6.07, 6.45) is 0. The van der Waals surface area contributed by atoms with Crippen molar-refractivity contribution in [1.29, 1.82) is 0 Å². The van der Waals surface area contributed by atoms with Crippen molar-refractivity contribution in [2.75, 3.05) is 0 Å². The maximum atomic E-state index is 10.8. The molecule has 2 nitrogen and oxygen atoms in total. The molecule has 1 N–H and O–H groups in total. The Balaban J connectivity index is -0.000000285. The lowest BCUT2D eigenvalue weighted by Gasteiger charge is -1.93. The first-order valence-electron chi connectivity index (χ1n) is 6.44. The van der Waals surface area contributed by atoms with E-state index in [9.17, 15) is 4.79 Å². The number of nitrogens with one attached hydrogen (secondary N) is 1. The number of aromatic nitrogens is 1. The molecule has 0 aliphatic rings. The SMILES string of the molecule is CC.CC.CC.O=c1ccc2ccccc2[nH]1.[HH]. The van der Waals surface area contributed by atoms with Crippen molar-refractivity contribution in [3.05, 3.63) is 46.8 Å². The Labute approximate surface area is 106 Å². The highest BCUT2D eigenvalue weighted by Gasteiger charge is 1.89. The highest BCUT2D eigenvalue weighted by Crippen LogP contribution is 2.06.